The molecule has 2 aromatic heterocycles. The van der Waals surface area contributed by atoms with E-state index in [0.29, 0.717) is 23.9 Å². The maximum atomic E-state index is 13.1. The number of hydrogen-bond acceptors (Lipinski definition) is 5. The highest BCUT2D eigenvalue weighted by atomic mass is 32.2. The Labute approximate surface area is 128 Å². The summed E-state index contributed by atoms with van der Waals surface area (Å²) in [5, 5.41) is 5.21. The third kappa shape index (κ3) is 2.45. The van der Waals surface area contributed by atoms with Crippen LogP contribution in [0.25, 0.3) is 4.96 Å². The number of hydrogen-bond donors (Lipinski definition) is 1. The lowest BCUT2D eigenvalue weighted by Gasteiger charge is -2.32. The Balaban J connectivity index is 2.12. The molecule has 8 heteroatoms. The van der Waals surface area contributed by atoms with E-state index < -0.39 is 10.0 Å². The van der Waals surface area contributed by atoms with Gasteiger partial charge < -0.3 is 5.32 Å². The van der Waals surface area contributed by atoms with Crippen LogP contribution in [0.15, 0.2) is 16.6 Å². The van der Waals surface area contributed by atoms with E-state index in [1.165, 1.54) is 11.3 Å². The largest absolute Gasteiger partial charge is 0.368 e. The Morgan fingerprint density at radius 1 is 1.48 bits per heavy atom. The number of anilines is 1. The highest BCUT2D eigenvalue weighted by molar-refractivity contribution is 7.89. The molecular weight excluding hydrogens is 308 g/mol. The van der Waals surface area contributed by atoms with Crippen molar-refractivity contribution < 1.29 is 8.42 Å². The van der Waals surface area contributed by atoms with E-state index in [9.17, 15) is 8.42 Å². The molecule has 1 unspecified atom stereocenters. The van der Waals surface area contributed by atoms with Gasteiger partial charge in [0.1, 0.15) is 0 Å². The van der Waals surface area contributed by atoms with Crippen LogP contribution in [-0.4, -0.2) is 41.2 Å². The monoisotopic (exact) mass is 328 g/mol. The summed E-state index contributed by atoms with van der Waals surface area (Å²) >= 11 is 1.44. The van der Waals surface area contributed by atoms with E-state index in [4.69, 9.17) is 0 Å². The molecule has 0 aromatic carbocycles. The molecule has 116 valence electrons. The summed E-state index contributed by atoms with van der Waals surface area (Å²) < 4.78 is 29.5. The summed E-state index contributed by atoms with van der Waals surface area (Å²) in [6, 6.07) is 0.0439. The third-order valence-corrected chi connectivity index (χ3v) is 6.65. The van der Waals surface area contributed by atoms with Crippen molar-refractivity contribution in [2.45, 2.75) is 44.2 Å². The van der Waals surface area contributed by atoms with Gasteiger partial charge in [0.25, 0.3) is 10.0 Å². The van der Waals surface area contributed by atoms with E-state index in [-0.39, 0.29) is 11.1 Å². The van der Waals surface area contributed by atoms with Crippen molar-refractivity contribution >= 4 is 32.1 Å². The Morgan fingerprint density at radius 2 is 2.29 bits per heavy atom. The van der Waals surface area contributed by atoms with Crippen molar-refractivity contribution in [3.63, 3.8) is 0 Å². The molecule has 0 saturated carbocycles. The maximum Gasteiger partial charge on any atom is 0.263 e. The minimum atomic E-state index is -3.54. The molecule has 1 saturated heterocycles. The number of sulfonamides is 1. The van der Waals surface area contributed by atoms with Gasteiger partial charge in [0.15, 0.2) is 15.8 Å². The van der Waals surface area contributed by atoms with Gasteiger partial charge in [-0.1, -0.05) is 6.42 Å². The Hall–Kier alpha value is -1.12. The average molecular weight is 328 g/mol. The van der Waals surface area contributed by atoms with Crippen LogP contribution in [0, 0.1) is 0 Å². The molecule has 1 N–H and O–H groups in total. The molecule has 0 bridgehead atoms. The second kappa shape index (κ2) is 5.58. The fourth-order valence-corrected chi connectivity index (χ4v) is 5.53. The Bertz CT molecular complexity index is 735. The maximum absolute atomic E-state index is 13.1. The SMILES string of the molecule is CCNc1nc2sccn2c1S(=O)(=O)N1CCCCC1C. The normalized spacial score (nSPS) is 21.0. The smallest absolute Gasteiger partial charge is 0.263 e. The molecule has 0 radical (unpaired) electrons. The molecule has 0 spiro atoms. The molecule has 3 rings (SSSR count). The number of fused-ring (bicyclic) bond motifs is 1. The van der Waals surface area contributed by atoms with Crippen molar-refractivity contribution in [1.82, 2.24) is 13.7 Å². The summed E-state index contributed by atoms with van der Waals surface area (Å²) in [5.41, 5.74) is 0. The van der Waals surface area contributed by atoms with Gasteiger partial charge >= 0.3 is 0 Å². The van der Waals surface area contributed by atoms with Crippen molar-refractivity contribution in [2.75, 3.05) is 18.4 Å². The molecule has 6 nitrogen and oxygen atoms in total. The standard InChI is InChI=1S/C13H20N4O2S2/c1-3-14-11-12(16-8-9-20-13(16)15-11)21(18,19)17-7-5-4-6-10(17)2/h8-10,14H,3-7H2,1-2H3. The first-order chi connectivity index (χ1) is 10.1. The number of nitrogens with zero attached hydrogens (tertiary/aromatic N) is 3. The highest BCUT2D eigenvalue weighted by Gasteiger charge is 2.35. The first-order valence-electron chi connectivity index (χ1n) is 7.27. The van der Waals surface area contributed by atoms with Crippen LogP contribution < -0.4 is 5.32 Å². The molecule has 2 aromatic rings. The third-order valence-electron chi connectivity index (χ3n) is 3.86. The van der Waals surface area contributed by atoms with Gasteiger partial charge in [-0.15, -0.1) is 11.3 Å². The lowest BCUT2D eigenvalue weighted by atomic mass is 10.1. The van der Waals surface area contributed by atoms with Crippen molar-refractivity contribution in [3.8, 4) is 0 Å². The predicted octanol–water partition coefficient (Wildman–Crippen LogP) is 2.39. The molecule has 1 aliphatic heterocycles. The molecule has 0 aliphatic carbocycles. The minimum Gasteiger partial charge on any atom is -0.368 e. The molecule has 1 atom stereocenters. The van der Waals surface area contributed by atoms with Gasteiger partial charge in [-0.3, -0.25) is 4.40 Å². The second-order valence-electron chi connectivity index (χ2n) is 5.31. The minimum absolute atomic E-state index is 0.0439. The lowest BCUT2D eigenvalue weighted by molar-refractivity contribution is 0.268. The second-order valence-corrected chi connectivity index (χ2v) is 7.99. The van der Waals surface area contributed by atoms with Crippen LogP contribution in [-0.2, 0) is 10.0 Å². The lowest BCUT2D eigenvalue weighted by Crippen LogP contribution is -2.42. The number of piperidine rings is 1. The first-order valence-corrected chi connectivity index (χ1v) is 9.59. The van der Waals surface area contributed by atoms with Gasteiger partial charge in [-0.05, 0) is 26.7 Å². The summed E-state index contributed by atoms with van der Waals surface area (Å²) in [7, 11) is -3.54. The molecule has 1 aliphatic rings. The number of imidazole rings is 1. The Morgan fingerprint density at radius 3 is 3.00 bits per heavy atom. The summed E-state index contributed by atoms with van der Waals surface area (Å²) in [5.74, 6) is 0.460. The topological polar surface area (TPSA) is 66.7 Å². The van der Waals surface area contributed by atoms with Crippen molar-refractivity contribution in [3.05, 3.63) is 11.6 Å². The quantitative estimate of drug-likeness (QED) is 0.936. The molecular formula is C13H20N4O2S2. The van der Waals surface area contributed by atoms with Gasteiger partial charge in [0.2, 0.25) is 0 Å². The number of nitrogens with one attached hydrogen (secondary N) is 1. The van der Waals surface area contributed by atoms with E-state index in [1.54, 1.807) is 14.9 Å². The highest BCUT2D eigenvalue weighted by Crippen LogP contribution is 2.31. The predicted molar refractivity (Wildman–Crippen MR) is 84.4 cm³/mol. The van der Waals surface area contributed by atoms with Gasteiger partial charge in [0, 0.05) is 30.7 Å². The molecule has 0 amide bonds. The zero-order valence-electron chi connectivity index (χ0n) is 12.2. The van der Waals surface area contributed by atoms with Crippen molar-refractivity contribution in [2.24, 2.45) is 0 Å². The number of thiazole rings is 1. The number of aromatic nitrogens is 2. The van der Waals surface area contributed by atoms with E-state index >= 15 is 0 Å². The van der Waals surface area contributed by atoms with Crippen LogP contribution in [0.2, 0.25) is 0 Å². The molecule has 21 heavy (non-hydrogen) atoms. The zero-order valence-corrected chi connectivity index (χ0v) is 13.9. The van der Waals surface area contributed by atoms with E-state index in [2.05, 4.69) is 10.3 Å². The van der Waals surface area contributed by atoms with E-state index in [1.807, 2.05) is 19.2 Å². The first kappa shape index (κ1) is 14.8. The van der Waals surface area contributed by atoms with Crippen molar-refractivity contribution in [1.29, 1.82) is 0 Å². The van der Waals surface area contributed by atoms with Gasteiger partial charge in [-0.25, -0.2) is 13.4 Å². The number of rotatable bonds is 4. The van der Waals surface area contributed by atoms with Crippen LogP contribution in [0.3, 0.4) is 0 Å². The molecule has 1 fully saturated rings. The zero-order chi connectivity index (χ0) is 15.0. The summed E-state index contributed by atoms with van der Waals surface area (Å²) in [4.78, 5) is 5.12. The van der Waals surface area contributed by atoms with Crippen LogP contribution in [0.5, 0.6) is 0 Å². The van der Waals surface area contributed by atoms with Gasteiger partial charge in [0.05, 0.1) is 0 Å². The Kier molecular flexibility index (Phi) is 3.94. The fraction of sp³-hybridized carbons (Fsp3) is 0.615. The van der Waals surface area contributed by atoms with Crippen LogP contribution in [0.1, 0.15) is 33.1 Å². The molecule has 3 heterocycles. The van der Waals surface area contributed by atoms with E-state index in [0.717, 1.165) is 19.3 Å². The van der Waals surface area contributed by atoms with Crippen LogP contribution >= 0.6 is 11.3 Å². The average Bonchev–Trinajstić information content (AvgIpc) is 2.99. The fourth-order valence-electron chi connectivity index (χ4n) is 2.83. The van der Waals surface area contributed by atoms with Crippen LogP contribution in [0.4, 0.5) is 5.82 Å². The summed E-state index contributed by atoms with van der Waals surface area (Å²) in [6.07, 6.45) is 4.70. The van der Waals surface area contributed by atoms with Gasteiger partial charge in [-0.2, -0.15) is 4.31 Å². The summed E-state index contributed by atoms with van der Waals surface area (Å²) in [6.45, 7) is 5.15.